The van der Waals surface area contributed by atoms with Crippen LogP contribution in [0, 0.1) is 13.8 Å². The first-order valence-electron chi connectivity index (χ1n) is 8.51. The van der Waals surface area contributed by atoms with E-state index in [0.29, 0.717) is 12.1 Å². The van der Waals surface area contributed by atoms with Gasteiger partial charge in [-0.1, -0.05) is 13.3 Å². The number of hydrogen-bond donors (Lipinski definition) is 1. The molecule has 4 heteroatoms. The second kappa shape index (κ2) is 7.41. The number of nitrogens with one attached hydrogen (secondary N) is 1. The van der Waals surface area contributed by atoms with Crippen LogP contribution in [0.1, 0.15) is 62.5 Å². The first-order chi connectivity index (χ1) is 10.0. The third-order valence-electron chi connectivity index (χ3n) is 4.90. The van der Waals surface area contributed by atoms with E-state index in [1.165, 1.54) is 56.6 Å². The fraction of sp³-hybridized carbons (Fsp3) is 0.824. The maximum atomic E-state index is 4.54. The number of likely N-dealkylation sites (tertiary alicyclic amines) is 1. The third kappa shape index (κ3) is 4.07. The van der Waals surface area contributed by atoms with Gasteiger partial charge in [-0.05, 0) is 59.7 Å². The molecule has 1 atom stereocenters. The zero-order chi connectivity index (χ0) is 15.4. The Hall–Kier alpha value is -0.870. The van der Waals surface area contributed by atoms with Crippen molar-refractivity contribution in [3.8, 4) is 0 Å². The SMILES string of the molecule is CCCCN1CCC(NC(C)c2c(C)nn(C)c2C)CC1. The minimum absolute atomic E-state index is 0.394. The van der Waals surface area contributed by atoms with Crippen LogP contribution < -0.4 is 5.32 Å². The third-order valence-corrected chi connectivity index (χ3v) is 4.90. The number of nitrogens with zero attached hydrogens (tertiary/aromatic N) is 3. The summed E-state index contributed by atoms with van der Waals surface area (Å²) in [6.07, 6.45) is 5.18. The van der Waals surface area contributed by atoms with Gasteiger partial charge in [0.15, 0.2) is 0 Å². The maximum absolute atomic E-state index is 4.54. The summed E-state index contributed by atoms with van der Waals surface area (Å²) in [6.45, 7) is 12.6. The smallest absolute Gasteiger partial charge is 0.0644 e. The van der Waals surface area contributed by atoms with Gasteiger partial charge in [0.2, 0.25) is 0 Å². The highest BCUT2D eigenvalue weighted by Crippen LogP contribution is 2.23. The Kier molecular flexibility index (Phi) is 5.82. The number of piperidine rings is 1. The van der Waals surface area contributed by atoms with Gasteiger partial charge in [0.1, 0.15) is 0 Å². The number of rotatable bonds is 6. The van der Waals surface area contributed by atoms with Gasteiger partial charge in [-0.2, -0.15) is 5.10 Å². The molecule has 1 aliphatic heterocycles. The normalized spacial score (nSPS) is 19.1. The Bertz CT molecular complexity index is 444. The van der Waals surface area contributed by atoms with Crippen LogP contribution >= 0.6 is 0 Å². The van der Waals surface area contributed by atoms with E-state index in [-0.39, 0.29) is 0 Å². The lowest BCUT2D eigenvalue weighted by Crippen LogP contribution is -2.43. The van der Waals surface area contributed by atoms with E-state index in [2.05, 4.69) is 43.0 Å². The van der Waals surface area contributed by atoms with Crippen LogP contribution in [0.25, 0.3) is 0 Å². The Morgan fingerprint density at radius 3 is 2.48 bits per heavy atom. The summed E-state index contributed by atoms with van der Waals surface area (Å²) in [5, 5.41) is 8.37. The molecular formula is C17H32N4. The highest BCUT2D eigenvalue weighted by atomic mass is 15.3. The first-order valence-corrected chi connectivity index (χ1v) is 8.51. The molecule has 0 bridgehead atoms. The van der Waals surface area contributed by atoms with Crippen LogP contribution in [0.15, 0.2) is 0 Å². The van der Waals surface area contributed by atoms with Crippen molar-refractivity contribution < 1.29 is 0 Å². The fourth-order valence-electron chi connectivity index (χ4n) is 3.56. The molecule has 2 rings (SSSR count). The number of aryl methyl sites for hydroxylation is 2. The average molecular weight is 292 g/mol. The number of unbranched alkanes of at least 4 members (excludes halogenated alkanes) is 1. The lowest BCUT2D eigenvalue weighted by molar-refractivity contribution is 0.190. The van der Waals surface area contributed by atoms with Crippen molar-refractivity contribution in [2.45, 2.75) is 65.5 Å². The molecule has 21 heavy (non-hydrogen) atoms. The van der Waals surface area contributed by atoms with Gasteiger partial charge >= 0.3 is 0 Å². The van der Waals surface area contributed by atoms with Crippen molar-refractivity contribution in [3.63, 3.8) is 0 Å². The van der Waals surface area contributed by atoms with Crippen LogP contribution in [0.4, 0.5) is 0 Å². The molecule has 0 saturated carbocycles. The molecule has 4 nitrogen and oxygen atoms in total. The molecule has 1 fully saturated rings. The minimum atomic E-state index is 0.394. The van der Waals surface area contributed by atoms with E-state index in [9.17, 15) is 0 Å². The summed E-state index contributed by atoms with van der Waals surface area (Å²) in [5.74, 6) is 0. The standard InChI is InChI=1S/C17H32N4/c1-6-7-10-21-11-8-16(9-12-21)18-13(2)17-14(3)19-20(5)15(17)4/h13,16,18H,6-12H2,1-5H3. The van der Waals surface area contributed by atoms with E-state index in [4.69, 9.17) is 0 Å². The van der Waals surface area contributed by atoms with Crippen molar-refractivity contribution in [2.75, 3.05) is 19.6 Å². The zero-order valence-corrected chi connectivity index (χ0v) is 14.4. The lowest BCUT2D eigenvalue weighted by Gasteiger charge is -2.34. The zero-order valence-electron chi connectivity index (χ0n) is 14.4. The van der Waals surface area contributed by atoms with Crippen LogP contribution in [-0.2, 0) is 7.05 Å². The van der Waals surface area contributed by atoms with Gasteiger partial charge in [-0.3, -0.25) is 4.68 Å². The van der Waals surface area contributed by atoms with E-state index in [1.54, 1.807) is 0 Å². The molecule has 0 amide bonds. The molecule has 1 aliphatic rings. The molecule has 1 unspecified atom stereocenters. The monoisotopic (exact) mass is 292 g/mol. The van der Waals surface area contributed by atoms with Crippen molar-refractivity contribution in [3.05, 3.63) is 17.0 Å². The minimum Gasteiger partial charge on any atom is -0.307 e. The van der Waals surface area contributed by atoms with Crippen LogP contribution in [-0.4, -0.2) is 40.4 Å². The lowest BCUT2D eigenvalue weighted by atomic mass is 10.0. The fourth-order valence-corrected chi connectivity index (χ4v) is 3.56. The van der Waals surface area contributed by atoms with Gasteiger partial charge in [-0.25, -0.2) is 0 Å². The van der Waals surface area contributed by atoms with Crippen molar-refractivity contribution >= 4 is 0 Å². The summed E-state index contributed by atoms with van der Waals surface area (Å²) < 4.78 is 2.00. The molecule has 1 saturated heterocycles. The molecule has 0 aromatic carbocycles. The Balaban J connectivity index is 1.85. The highest BCUT2D eigenvalue weighted by molar-refractivity contribution is 5.27. The predicted octanol–water partition coefficient (Wildman–Crippen LogP) is 2.95. The molecule has 2 heterocycles. The molecule has 0 spiro atoms. The number of aromatic nitrogens is 2. The van der Waals surface area contributed by atoms with Gasteiger partial charge in [-0.15, -0.1) is 0 Å². The highest BCUT2D eigenvalue weighted by Gasteiger charge is 2.23. The topological polar surface area (TPSA) is 33.1 Å². The van der Waals surface area contributed by atoms with Crippen molar-refractivity contribution in [1.82, 2.24) is 20.0 Å². The second-order valence-electron chi connectivity index (χ2n) is 6.57. The van der Waals surface area contributed by atoms with Gasteiger partial charge in [0.25, 0.3) is 0 Å². The van der Waals surface area contributed by atoms with E-state index >= 15 is 0 Å². The van der Waals surface area contributed by atoms with Crippen molar-refractivity contribution in [1.29, 1.82) is 0 Å². The molecular weight excluding hydrogens is 260 g/mol. The average Bonchev–Trinajstić information content (AvgIpc) is 2.71. The molecule has 1 N–H and O–H groups in total. The summed E-state index contributed by atoms with van der Waals surface area (Å²) in [6, 6.07) is 1.04. The summed E-state index contributed by atoms with van der Waals surface area (Å²) in [7, 11) is 2.03. The predicted molar refractivity (Wildman–Crippen MR) is 88.6 cm³/mol. The molecule has 120 valence electrons. The molecule has 1 aromatic heterocycles. The van der Waals surface area contributed by atoms with Gasteiger partial charge in [0.05, 0.1) is 5.69 Å². The Morgan fingerprint density at radius 1 is 1.29 bits per heavy atom. The Morgan fingerprint density at radius 2 is 1.95 bits per heavy atom. The van der Waals surface area contributed by atoms with Crippen molar-refractivity contribution in [2.24, 2.45) is 7.05 Å². The second-order valence-corrected chi connectivity index (χ2v) is 6.57. The van der Waals surface area contributed by atoms with Crippen LogP contribution in [0.2, 0.25) is 0 Å². The van der Waals surface area contributed by atoms with E-state index < -0.39 is 0 Å². The largest absolute Gasteiger partial charge is 0.307 e. The molecule has 1 aromatic rings. The maximum Gasteiger partial charge on any atom is 0.0644 e. The van der Waals surface area contributed by atoms with Crippen LogP contribution in [0.3, 0.4) is 0 Å². The van der Waals surface area contributed by atoms with E-state index in [0.717, 1.165) is 5.69 Å². The molecule has 0 aliphatic carbocycles. The van der Waals surface area contributed by atoms with E-state index in [1.807, 2.05) is 11.7 Å². The number of hydrogen-bond acceptors (Lipinski definition) is 3. The van der Waals surface area contributed by atoms with Crippen LogP contribution in [0.5, 0.6) is 0 Å². The Labute approximate surface area is 129 Å². The summed E-state index contributed by atoms with van der Waals surface area (Å²) >= 11 is 0. The van der Waals surface area contributed by atoms with Gasteiger partial charge < -0.3 is 10.2 Å². The quantitative estimate of drug-likeness (QED) is 0.875. The van der Waals surface area contributed by atoms with Gasteiger partial charge in [0, 0.05) is 30.4 Å². The first kappa shape index (κ1) is 16.5. The summed E-state index contributed by atoms with van der Waals surface area (Å²) in [4.78, 5) is 2.62. The summed E-state index contributed by atoms with van der Waals surface area (Å²) in [5.41, 5.74) is 3.83. The molecule has 0 radical (unpaired) electrons.